The molecule has 1 atom stereocenters. The van der Waals surface area contributed by atoms with Crippen molar-refractivity contribution in [1.82, 2.24) is 5.32 Å². The van der Waals surface area contributed by atoms with Gasteiger partial charge in [0.15, 0.2) is 0 Å². The lowest BCUT2D eigenvalue weighted by Crippen LogP contribution is -2.28. The van der Waals surface area contributed by atoms with Gasteiger partial charge in [0, 0.05) is 25.3 Å². The number of nitrogens with one attached hydrogen (secondary N) is 1. The van der Waals surface area contributed by atoms with E-state index in [0.29, 0.717) is 0 Å². The van der Waals surface area contributed by atoms with Crippen molar-refractivity contribution in [2.24, 2.45) is 0 Å². The topological polar surface area (TPSA) is 15.3 Å². The van der Waals surface area contributed by atoms with Crippen molar-refractivity contribution in [1.29, 1.82) is 0 Å². The molecule has 0 spiro atoms. The summed E-state index contributed by atoms with van der Waals surface area (Å²) in [5.41, 5.74) is 4.55. The average Bonchev–Trinajstić information content (AvgIpc) is 3.05. The van der Waals surface area contributed by atoms with Crippen molar-refractivity contribution in [3.63, 3.8) is 0 Å². The lowest BCUT2D eigenvalue weighted by atomic mass is 10.1. The first-order chi connectivity index (χ1) is 8.83. The van der Waals surface area contributed by atoms with Crippen LogP contribution in [0, 0.1) is 0 Å². The molecule has 1 aromatic rings. The third-order valence-corrected chi connectivity index (χ3v) is 4.50. The van der Waals surface area contributed by atoms with Gasteiger partial charge in [-0.2, -0.15) is 0 Å². The van der Waals surface area contributed by atoms with Crippen LogP contribution in [0.3, 0.4) is 0 Å². The molecule has 0 radical (unpaired) electrons. The molecule has 2 aliphatic rings. The fraction of sp³-hybridized carbons (Fsp3) is 0.625. The van der Waals surface area contributed by atoms with Gasteiger partial charge in [-0.1, -0.05) is 6.07 Å². The van der Waals surface area contributed by atoms with Crippen molar-refractivity contribution in [3.8, 4) is 0 Å². The monoisotopic (exact) mass is 244 g/mol. The summed E-state index contributed by atoms with van der Waals surface area (Å²) in [5.74, 6) is 0. The van der Waals surface area contributed by atoms with Gasteiger partial charge in [-0.15, -0.1) is 0 Å². The van der Waals surface area contributed by atoms with Crippen LogP contribution in [0.1, 0.15) is 36.8 Å². The molecule has 0 saturated carbocycles. The van der Waals surface area contributed by atoms with Crippen molar-refractivity contribution in [2.75, 3.05) is 25.0 Å². The van der Waals surface area contributed by atoms with Crippen LogP contribution in [0.5, 0.6) is 0 Å². The van der Waals surface area contributed by atoms with Crippen molar-refractivity contribution >= 4 is 5.69 Å². The maximum absolute atomic E-state index is 3.58. The minimum atomic E-state index is 0.752. The van der Waals surface area contributed by atoms with E-state index in [1.54, 1.807) is 11.1 Å². The van der Waals surface area contributed by atoms with Gasteiger partial charge in [0.05, 0.1) is 0 Å². The van der Waals surface area contributed by atoms with E-state index in [-0.39, 0.29) is 0 Å². The number of anilines is 1. The normalized spacial score (nSPS) is 22.2. The molecule has 98 valence electrons. The van der Waals surface area contributed by atoms with Gasteiger partial charge in [0.2, 0.25) is 0 Å². The Bertz CT molecular complexity index is 408. The second-order valence-corrected chi connectivity index (χ2v) is 5.81. The van der Waals surface area contributed by atoms with E-state index < -0.39 is 0 Å². The second kappa shape index (κ2) is 5.31. The third kappa shape index (κ3) is 2.54. The first-order valence-electron chi connectivity index (χ1n) is 7.39. The number of benzene rings is 1. The summed E-state index contributed by atoms with van der Waals surface area (Å²) < 4.78 is 0. The highest BCUT2D eigenvalue weighted by atomic mass is 15.1. The summed E-state index contributed by atoms with van der Waals surface area (Å²) in [6, 6.07) is 7.79. The summed E-state index contributed by atoms with van der Waals surface area (Å²) in [6.07, 6.45) is 7.89. The largest absolute Gasteiger partial charge is 0.375 e. The summed E-state index contributed by atoms with van der Waals surface area (Å²) in [5, 5.41) is 3.58. The zero-order chi connectivity index (χ0) is 12.4. The number of aryl methyl sites for hydroxylation is 2. The smallest absolute Gasteiger partial charge is 0.0366 e. The molecule has 1 unspecified atom stereocenters. The van der Waals surface area contributed by atoms with Crippen LogP contribution in [0.4, 0.5) is 5.69 Å². The van der Waals surface area contributed by atoms with Crippen LogP contribution in [0.25, 0.3) is 0 Å². The van der Waals surface area contributed by atoms with E-state index in [9.17, 15) is 0 Å². The number of rotatable bonds is 4. The molecule has 1 aliphatic heterocycles. The van der Waals surface area contributed by atoms with E-state index in [1.807, 2.05) is 0 Å². The van der Waals surface area contributed by atoms with E-state index in [4.69, 9.17) is 0 Å². The van der Waals surface area contributed by atoms with Crippen LogP contribution in [-0.4, -0.2) is 26.2 Å². The van der Waals surface area contributed by atoms with E-state index in [2.05, 4.69) is 35.5 Å². The van der Waals surface area contributed by atoms with Crippen LogP contribution in [0.2, 0.25) is 0 Å². The highest BCUT2D eigenvalue weighted by molar-refractivity contribution is 5.51. The predicted octanol–water partition coefficient (Wildman–Crippen LogP) is 2.75. The van der Waals surface area contributed by atoms with Crippen molar-refractivity contribution < 1.29 is 0 Å². The molecule has 0 aromatic heterocycles. The number of fused-ring (bicyclic) bond motifs is 1. The lowest BCUT2D eigenvalue weighted by molar-refractivity contribution is 0.559. The molecule has 2 nitrogen and oxygen atoms in total. The lowest BCUT2D eigenvalue weighted by Gasteiger charge is -2.22. The third-order valence-electron chi connectivity index (χ3n) is 4.50. The van der Waals surface area contributed by atoms with Crippen LogP contribution in [-0.2, 0) is 12.8 Å². The SMILES string of the molecule is CN(CCC1CCCN1)c1ccc2c(c1)CCC2. The minimum absolute atomic E-state index is 0.752. The Morgan fingerprint density at radius 1 is 1.22 bits per heavy atom. The van der Waals surface area contributed by atoms with Gasteiger partial charge in [0.25, 0.3) is 0 Å². The Hall–Kier alpha value is -1.02. The average molecular weight is 244 g/mol. The molecule has 1 N–H and O–H groups in total. The first kappa shape index (κ1) is 12.0. The molecule has 1 heterocycles. The first-order valence-corrected chi connectivity index (χ1v) is 7.39. The van der Waals surface area contributed by atoms with Gasteiger partial charge in [-0.05, 0) is 68.3 Å². The molecule has 1 saturated heterocycles. The quantitative estimate of drug-likeness (QED) is 0.876. The maximum atomic E-state index is 3.58. The minimum Gasteiger partial charge on any atom is -0.375 e. The van der Waals surface area contributed by atoms with E-state index in [1.165, 1.54) is 50.8 Å². The Labute approximate surface area is 110 Å². The Kier molecular flexibility index (Phi) is 3.55. The molecule has 3 rings (SSSR count). The summed E-state index contributed by atoms with van der Waals surface area (Å²) in [7, 11) is 2.23. The van der Waals surface area contributed by atoms with Gasteiger partial charge >= 0.3 is 0 Å². The molecule has 1 aliphatic carbocycles. The van der Waals surface area contributed by atoms with E-state index in [0.717, 1.165) is 12.6 Å². The van der Waals surface area contributed by atoms with E-state index >= 15 is 0 Å². The van der Waals surface area contributed by atoms with Gasteiger partial charge in [-0.3, -0.25) is 0 Å². The van der Waals surface area contributed by atoms with Gasteiger partial charge < -0.3 is 10.2 Å². The van der Waals surface area contributed by atoms with Gasteiger partial charge in [0.1, 0.15) is 0 Å². The zero-order valence-electron chi connectivity index (χ0n) is 11.4. The Morgan fingerprint density at radius 2 is 2.11 bits per heavy atom. The molecule has 0 amide bonds. The maximum Gasteiger partial charge on any atom is 0.0366 e. The van der Waals surface area contributed by atoms with Crippen LogP contribution in [0.15, 0.2) is 18.2 Å². The molecule has 18 heavy (non-hydrogen) atoms. The molecule has 2 heteroatoms. The molecular weight excluding hydrogens is 220 g/mol. The molecule has 0 bridgehead atoms. The highest BCUT2D eigenvalue weighted by Gasteiger charge is 2.15. The van der Waals surface area contributed by atoms with Crippen LogP contribution < -0.4 is 10.2 Å². The predicted molar refractivity (Wildman–Crippen MR) is 77.4 cm³/mol. The van der Waals surface area contributed by atoms with Crippen molar-refractivity contribution in [2.45, 2.75) is 44.6 Å². The van der Waals surface area contributed by atoms with Crippen molar-refractivity contribution in [3.05, 3.63) is 29.3 Å². The summed E-state index contributed by atoms with van der Waals surface area (Å²) in [4.78, 5) is 2.42. The fourth-order valence-electron chi connectivity index (χ4n) is 3.28. The summed E-state index contributed by atoms with van der Waals surface area (Å²) in [6.45, 7) is 2.38. The standard InChI is InChI=1S/C16H24N2/c1-18(11-9-15-6-3-10-17-15)16-8-7-13-4-2-5-14(13)12-16/h7-8,12,15,17H,2-6,9-11H2,1H3. The Balaban J connectivity index is 1.59. The number of hydrogen-bond acceptors (Lipinski definition) is 2. The van der Waals surface area contributed by atoms with Gasteiger partial charge in [-0.25, -0.2) is 0 Å². The zero-order valence-corrected chi connectivity index (χ0v) is 11.4. The fourth-order valence-corrected chi connectivity index (χ4v) is 3.28. The highest BCUT2D eigenvalue weighted by Crippen LogP contribution is 2.26. The number of nitrogens with zero attached hydrogens (tertiary/aromatic N) is 1. The molecule has 1 aromatic carbocycles. The molecule has 1 fully saturated rings. The second-order valence-electron chi connectivity index (χ2n) is 5.81. The van der Waals surface area contributed by atoms with Crippen LogP contribution >= 0.6 is 0 Å². The Morgan fingerprint density at radius 3 is 2.94 bits per heavy atom. The molecular formula is C16H24N2. The summed E-state index contributed by atoms with van der Waals surface area (Å²) >= 11 is 0. The number of hydrogen-bond donors (Lipinski definition) is 1.